The van der Waals surface area contributed by atoms with Gasteiger partial charge in [0.15, 0.2) is 0 Å². The molecule has 140 valence electrons. The van der Waals surface area contributed by atoms with E-state index in [4.69, 9.17) is 16.6 Å². The van der Waals surface area contributed by atoms with E-state index in [0.717, 1.165) is 17.3 Å². The van der Waals surface area contributed by atoms with Gasteiger partial charge in [-0.05, 0) is 24.1 Å². The number of nitrogens with one attached hydrogen (secondary N) is 1. The molecule has 1 aliphatic heterocycles. The van der Waals surface area contributed by atoms with Gasteiger partial charge in [0.1, 0.15) is 16.6 Å². The third-order valence-corrected chi connectivity index (χ3v) is 5.28. The van der Waals surface area contributed by atoms with E-state index >= 15 is 0 Å². The molecular weight excluding hydrogens is 384 g/mol. The fourth-order valence-corrected chi connectivity index (χ4v) is 3.85. The first-order valence-electron chi connectivity index (χ1n) is 8.30. The number of furan rings is 1. The highest BCUT2D eigenvalue weighted by molar-refractivity contribution is 8.26. The molecule has 0 spiro atoms. The van der Waals surface area contributed by atoms with Crippen molar-refractivity contribution < 1.29 is 19.1 Å². The van der Waals surface area contributed by atoms with Crippen LogP contribution in [0.3, 0.4) is 0 Å². The molecule has 1 saturated heterocycles. The zero-order valence-corrected chi connectivity index (χ0v) is 16.0. The van der Waals surface area contributed by atoms with E-state index in [2.05, 4.69) is 5.32 Å². The molecule has 0 radical (unpaired) electrons. The Kier molecular flexibility index (Phi) is 6.44. The van der Waals surface area contributed by atoms with Gasteiger partial charge in [0, 0.05) is 6.08 Å². The average molecular weight is 402 g/mol. The third-order valence-electron chi connectivity index (χ3n) is 3.90. The summed E-state index contributed by atoms with van der Waals surface area (Å²) < 4.78 is 5.52. The number of carbonyl (C=O) groups excluding carboxylic acids is 2. The van der Waals surface area contributed by atoms with Gasteiger partial charge in [-0.2, -0.15) is 0 Å². The lowest BCUT2D eigenvalue weighted by atomic mass is 10.1. The molecule has 2 amide bonds. The molecule has 2 N–H and O–H groups in total. The molecule has 1 atom stereocenters. The van der Waals surface area contributed by atoms with Crippen LogP contribution >= 0.6 is 24.0 Å². The smallest absolute Gasteiger partial charge is 0.266 e. The van der Waals surface area contributed by atoms with Crippen molar-refractivity contribution in [2.45, 2.75) is 12.5 Å². The van der Waals surface area contributed by atoms with Gasteiger partial charge in [-0.3, -0.25) is 14.5 Å². The van der Waals surface area contributed by atoms with Gasteiger partial charge >= 0.3 is 0 Å². The molecule has 1 aromatic heterocycles. The Bertz CT molecular complexity index is 850. The van der Waals surface area contributed by atoms with E-state index in [1.165, 1.54) is 11.2 Å². The third kappa shape index (κ3) is 5.06. The largest absolute Gasteiger partial charge is 0.465 e. The number of aliphatic hydroxyl groups is 1. The van der Waals surface area contributed by atoms with Crippen molar-refractivity contribution in [2.24, 2.45) is 0 Å². The van der Waals surface area contributed by atoms with Crippen molar-refractivity contribution in [1.29, 1.82) is 0 Å². The number of rotatable bonds is 7. The summed E-state index contributed by atoms with van der Waals surface area (Å²) in [5, 5.41) is 12.3. The van der Waals surface area contributed by atoms with E-state index in [1.807, 2.05) is 30.3 Å². The molecule has 27 heavy (non-hydrogen) atoms. The van der Waals surface area contributed by atoms with Crippen LogP contribution in [0, 0.1) is 0 Å². The Morgan fingerprint density at radius 3 is 2.74 bits per heavy atom. The first-order chi connectivity index (χ1) is 13.1. The second-order valence-electron chi connectivity index (χ2n) is 5.92. The first-order valence-corrected chi connectivity index (χ1v) is 9.52. The minimum atomic E-state index is -0.433. The van der Waals surface area contributed by atoms with Crippen LogP contribution in [0.25, 0.3) is 6.08 Å². The van der Waals surface area contributed by atoms with Crippen molar-refractivity contribution in [3.63, 3.8) is 0 Å². The quantitative estimate of drug-likeness (QED) is 0.546. The Labute approximate surface area is 166 Å². The highest BCUT2D eigenvalue weighted by atomic mass is 32.2. The summed E-state index contributed by atoms with van der Waals surface area (Å²) in [6, 6.07) is 12.6. The number of thioether (sulfide) groups is 1. The van der Waals surface area contributed by atoms with Crippen LogP contribution in [0.4, 0.5) is 0 Å². The zero-order valence-electron chi connectivity index (χ0n) is 14.3. The minimum absolute atomic E-state index is 0.189. The summed E-state index contributed by atoms with van der Waals surface area (Å²) in [5.41, 5.74) is 1.00. The number of carbonyl (C=O) groups is 2. The zero-order chi connectivity index (χ0) is 19.2. The van der Waals surface area contributed by atoms with Gasteiger partial charge in [-0.25, -0.2) is 0 Å². The number of hydrogen-bond donors (Lipinski definition) is 2. The average Bonchev–Trinajstić information content (AvgIpc) is 3.26. The van der Waals surface area contributed by atoms with Crippen LogP contribution in [-0.4, -0.2) is 45.3 Å². The van der Waals surface area contributed by atoms with E-state index < -0.39 is 6.04 Å². The predicted molar refractivity (Wildman–Crippen MR) is 108 cm³/mol. The summed E-state index contributed by atoms with van der Waals surface area (Å²) in [5.74, 6) is -0.163. The molecule has 1 fully saturated rings. The summed E-state index contributed by atoms with van der Waals surface area (Å²) in [4.78, 5) is 26.5. The molecule has 3 rings (SSSR count). The second kappa shape index (κ2) is 8.98. The SMILES string of the molecule is O=C(CN1C(=O)C(=Cc2ccco2)SC1=S)N[C@@H](CO)Cc1ccccc1. The highest BCUT2D eigenvalue weighted by Gasteiger charge is 2.33. The second-order valence-corrected chi connectivity index (χ2v) is 7.60. The fourth-order valence-electron chi connectivity index (χ4n) is 2.62. The van der Waals surface area contributed by atoms with Crippen LogP contribution in [-0.2, 0) is 16.0 Å². The van der Waals surface area contributed by atoms with Crippen LogP contribution in [0.1, 0.15) is 11.3 Å². The van der Waals surface area contributed by atoms with Crippen molar-refractivity contribution >= 4 is 46.2 Å². The molecule has 2 aromatic rings. The Hall–Kier alpha value is -2.42. The molecule has 6 nitrogen and oxygen atoms in total. The van der Waals surface area contributed by atoms with Crippen LogP contribution in [0.15, 0.2) is 58.1 Å². The molecule has 0 aliphatic carbocycles. The number of thiocarbonyl (C=S) groups is 1. The minimum Gasteiger partial charge on any atom is -0.465 e. The summed E-state index contributed by atoms with van der Waals surface area (Å²) in [7, 11) is 0. The van der Waals surface area contributed by atoms with Crippen molar-refractivity contribution in [3.05, 3.63) is 65.0 Å². The molecule has 1 aliphatic rings. The van der Waals surface area contributed by atoms with Gasteiger partial charge in [0.25, 0.3) is 5.91 Å². The Morgan fingerprint density at radius 1 is 1.30 bits per heavy atom. The number of amides is 2. The van der Waals surface area contributed by atoms with E-state index in [1.54, 1.807) is 18.2 Å². The lowest BCUT2D eigenvalue weighted by molar-refractivity contribution is -0.129. The summed E-state index contributed by atoms with van der Waals surface area (Å²) >= 11 is 6.35. The van der Waals surface area contributed by atoms with Gasteiger partial charge in [-0.1, -0.05) is 54.3 Å². The molecule has 1 aromatic carbocycles. The van der Waals surface area contributed by atoms with Gasteiger partial charge < -0.3 is 14.8 Å². The maximum atomic E-state index is 12.5. The Balaban J connectivity index is 1.59. The number of hydrogen-bond acceptors (Lipinski definition) is 6. The summed E-state index contributed by atoms with van der Waals surface area (Å²) in [6.07, 6.45) is 3.62. The lowest BCUT2D eigenvalue weighted by Gasteiger charge is -2.19. The van der Waals surface area contributed by atoms with Crippen LogP contribution < -0.4 is 5.32 Å². The molecule has 0 saturated carbocycles. The van der Waals surface area contributed by atoms with Crippen molar-refractivity contribution in [3.8, 4) is 0 Å². The van der Waals surface area contributed by atoms with E-state index in [9.17, 15) is 14.7 Å². The normalized spacial score (nSPS) is 16.8. The molecule has 0 bridgehead atoms. The highest BCUT2D eigenvalue weighted by Crippen LogP contribution is 2.32. The van der Waals surface area contributed by atoms with Gasteiger partial charge in [0.2, 0.25) is 5.91 Å². The molecular formula is C19H18N2O4S2. The molecule has 2 heterocycles. The van der Waals surface area contributed by atoms with Crippen LogP contribution in [0.5, 0.6) is 0 Å². The van der Waals surface area contributed by atoms with Gasteiger partial charge in [-0.15, -0.1) is 0 Å². The molecule has 8 heteroatoms. The van der Waals surface area contributed by atoms with Crippen molar-refractivity contribution in [1.82, 2.24) is 10.2 Å². The predicted octanol–water partition coefficient (Wildman–Crippen LogP) is 2.20. The fraction of sp³-hybridized carbons (Fsp3) is 0.211. The first kappa shape index (κ1) is 19.3. The Morgan fingerprint density at radius 2 is 2.07 bits per heavy atom. The monoisotopic (exact) mass is 402 g/mol. The maximum Gasteiger partial charge on any atom is 0.266 e. The van der Waals surface area contributed by atoms with E-state index in [0.29, 0.717) is 21.4 Å². The lowest BCUT2D eigenvalue weighted by Crippen LogP contribution is -2.45. The number of nitrogens with zero attached hydrogens (tertiary/aromatic N) is 1. The number of benzene rings is 1. The van der Waals surface area contributed by atoms with Crippen molar-refractivity contribution in [2.75, 3.05) is 13.2 Å². The number of aliphatic hydroxyl groups excluding tert-OH is 1. The van der Waals surface area contributed by atoms with E-state index in [-0.39, 0.29) is 25.0 Å². The topological polar surface area (TPSA) is 82.8 Å². The summed E-state index contributed by atoms with van der Waals surface area (Å²) in [6.45, 7) is -0.386. The molecule has 0 unspecified atom stereocenters. The standard InChI is InChI=1S/C19H18N2O4S2/c22-12-14(9-13-5-2-1-3-6-13)20-17(23)11-21-18(24)16(27-19(21)26)10-15-7-4-8-25-15/h1-8,10,14,22H,9,11-12H2,(H,20,23)/t14-/m1/s1. The van der Waals surface area contributed by atoms with Gasteiger partial charge in [0.05, 0.1) is 23.8 Å². The maximum absolute atomic E-state index is 12.5. The van der Waals surface area contributed by atoms with Crippen LogP contribution in [0.2, 0.25) is 0 Å².